The van der Waals surface area contributed by atoms with E-state index in [4.69, 9.17) is 0 Å². The van der Waals surface area contributed by atoms with Gasteiger partial charge in [-0.3, -0.25) is 10.1 Å². The second-order valence-electron chi connectivity index (χ2n) is 5.12. The maximum Gasteiger partial charge on any atom is 0.269 e. The third-order valence-electron chi connectivity index (χ3n) is 4.00. The van der Waals surface area contributed by atoms with Gasteiger partial charge in [0.15, 0.2) is 0 Å². The number of nitro groups is 1. The number of nitrogens with zero attached hydrogens (tertiary/aromatic N) is 2. The van der Waals surface area contributed by atoms with E-state index >= 15 is 0 Å². The van der Waals surface area contributed by atoms with Gasteiger partial charge in [0.05, 0.1) is 11.0 Å². The highest BCUT2D eigenvalue weighted by Crippen LogP contribution is 2.38. The van der Waals surface area contributed by atoms with Crippen molar-refractivity contribution in [1.29, 1.82) is 0 Å². The first-order valence-electron chi connectivity index (χ1n) is 6.78. The normalized spacial score (nSPS) is 17.6. The van der Waals surface area contributed by atoms with Gasteiger partial charge >= 0.3 is 0 Å². The van der Waals surface area contributed by atoms with E-state index in [1.165, 1.54) is 10.4 Å². The summed E-state index contributed by atoms with van der Waals surface area (Å²) in [5, 5.41) is 13.7. The summed E-state index contributed by atoms with van der Waals surface area (Å²) in [5.74, 6) is 0. The van der Waals surface area contributed by atoms with Crippen LogP contribution < -0.4 is 4.90 Å². The summed E-state index contributed by atoms with van der Waals surface area (Å²) in [6.45, 7) is 3.15. The number of rotatable bonds is 3. The van der Waals surface area contributed by atoms with Gasteiger partial charge in [-0.1, -0.05) is 15.9 Å². The summed E-state index contributed by atoms with van der Waals surface area (Å²) in [4.78, 5) is 14.4. The smallest absolute Gasteiger partial charge is 0.269 e. The largest absolute Gasteiger partial charge is 0.364 e. The van der Waals surface area contributed by atoms with Gasteiger partial charge in [-0.2, -0.15) is 0 Å². The Bertz CT molecular complexity index is 686. The van der Waals surface area contributed by atoms with E-state index in [2.05, 4.69) is 39.2 Å². The Hall–Kier alpha value is -1.40. The maximum absolute atomic E-state index is 10.9. The van der Waals surface area contributed by atoms with Crippen LogP contribution >= 0.6 is 27.3 Å². The molecule has 21 heavy (non-hydrogen) atoms. The van der Waals surface area contributed by atoms with Crippen LogP contribution in [0.3, 0.4) is 0 Å². The van der Waals surface area contributed by atoms with Gasteiger partial charge < -0.3 is 4.90 Å². The van der Waals surface area contributed by atoms with Crippen molar-refractivity contribution >= 4 is 38.6 Å². The highest BCUT2D eigenvalue weighted by Gasteiger charge is 2.26. The molecule has 2 heterocycles. The number of hydrogen-bond acceptors (Lipinski definition) is 4. The first-order chi connectivity index (χ1) is 10.1. The Morgan fingerprint density at radius 1 is 1.48 bits per heavy atom. The second-order valence-corrected chi connectivity index (χ2v) is 6.68. The number of alkyl halides is 1. The monoisotopic (exact) mass is 366 g/mol. The van der Waals surface area contributed by atoms with Gasteiger partial charge in [0.1, 0.15) is 0 Å². The van der Waals surface area contributed by atoms with Crippen molar-refractivity contribution in [1.82, 2.24) is 0 Å². The zero-order valence-corrected chi connectivity index (χ0v) is 14.0. The first-order valence-corrected chi connectivity index (χ1v) is 8.78. The zero-order valence-electron chi connectivity index (χ0n) is 11.6. The molecule has 1 aromatic heterocycles. The van der Waals surface area contributed by atoms with Gasteiger partial charge in [0, 0.05) is 34.6 Å². The zero-order chi connectivity index (χ0) is 15.0. The first kappa shape index (κ1) is 14.5. The lowest BCUT2D eigenvalue weighted by Crippen LogP contribution is -2.33. The molecule has 0 bridgehead atoms. The fraction of sp³-hybridized carbons (Fsp3) is 0.333. The standard InChI is InChI=1S/C15H15BrN2O2S/c1-10-13-5-7-21-15(13)4-6-17(10)14-3-2-12(18(19)20)8-11(14)9-16/h2-3,5,7-8,10H,4,6,9H2,1H3. The highest BCUT2D eigenvalue weighted by molar-refractivity contribution is 9.08. The number of thiophene rings is 1. The molecule has 0 fully saturated rings. The van der Waals surface area contributed by atoms with Crippen LogP contribution in [-0.2, 0) is 11.8 Å². The van der Waals surface area contributed by atoms with E-state index in [-0.39, 0.29) is 10.6 Å². The van der Waals surface area contributed by atoms with E-state index in [0.29, 0.717) is 11.4 Å². The molecule has 0 aliphatic carbocycles. The second kappa shape index (κ2) is 5.77. The summed E-state index contributed by atoms with van der Waals surface area (Å²) >= 11 is 5.27. The molecule has 1 aromatic carbocycles. The van der Waals surface area contributed by atoms with Gasteiger partial charge in [0.2, 0.25) is 0 Å². The van der Waals surface area contributed by atoms with E-state index in [0.717, 1.165) is 24.2 Å². The average Bonchev–Trinajstić information content (AvgIpc) is 2.96. The number of halogens is 1. The van der Waals surface area contributed by atoms with Crippen molar-refractivity contribution in [3.8, 4) is 0 Å². The molecule has 3 rings (SSSR count). The minimum Gasteiger partial charge on any atom is -0.364 e. The molecule has 1 unspecified atom stereocenters. The van der Waals surface area contributed by atoms with Crippen LogP contribution in [0.1, 0.15) is 29.0 Å². The number of fused-ring (bicyclic) bond motifs is 1. The van der Waals surface area contributed by atoms with E-state index < -0.39 is 0 Å². The van der Waals surface area contributed by atoms with Crippen LogP contribution in [0, 0.1) is 10.1 Å². The Balaban J connectivity index is 1.99. The average molecular weight is 367 g/mol. The Labute approximate surface area is 135 Å². The summed E-state index contributed by atoms with van der Waals surface area (Å²) in [6, 6.07) is 7.63. The Morgan fingerprint density at radius 2 is 2.29 bits per heavy atom. The third kappa shape index (κ3) is 2.58. The predicted octanol–water partition coefficient (Wildman–Crippen LogP) is 4.67. The molecule has 6 heteroatoms. The minimum atomic E-state index is -0.341. The van der Waals surface area contributed by atoms with Crippen LogP contribution in [0.15, 0.2) is 29.6 Å². The van der Waals surface area contributed by atoms with E-state index in [9.17, 15) is 10.1 Å². The molecule has 110 valence electrons. The summed E-state index contributed by atoms with van der Waals surface area (Å²) in [5.41, 5.74) is 3.58. The van der Waals surface area contributed by atoms with Crippen molar-refractivity contribution in [3.63, 3.8) is 0 Å². The molecule has 0 spiro atoms. The Kier molecular flexibility index (Phi) is 3.99. The van der Waals surface area contributed by atoms with Crippen LogP contribution in [0.4, 0.5) is 11.4 Å². The molecule has 1 aliphatic rings. The number of non-ortho nitro benzene ring substituents is 1. The lowest BCUT2D eigenvalue weighted by molar-refractivity contribution is -0.384. The lowest BCUT2D eigenvalue weighted by atomic mass is 9.99. The van der Waals surface area contributed by atoms with Gasteiger partial charge in [0.25, 0.3) is 5.69 Å². The molecule has 4 nitrogen and oxygen atoms in total. The third-order valence-corrected chi connectivity index (χ3v) is 5.61. The topological polar surface area (TPSA) is 46.4 Å². The maximum atomic E-state index is 10.9. The molecule has 0 saturated carbocycles. The number of anilines is 1. The minimum absolute atomic E-state index is 0.147. The van der Waals surface area contributed by atoms with Crippen LogP contribution in [0.2, 0.25) is 0 Å². The molecule has 1 aliphatic heterocycles. The SMILES string of the molecule is CC1c2ccsc2CCN1c1ccc([N+](=O)[O-])cc1CBr. The Morgan fingerprint density at radius 3 is 3.00 bits per heavy atom. The highest BCUT2D eigenvalue weighted by atomic mass is 79.9. The summed E-state index contributed by atoms with van der Waals surface area (Å²) < 4.78 is 0. The van der Waals surface area contributed by atoms with E-state index in [1.807, 2.05) is 17.4 Å². The summed E-state index contributed by atoms with van der Waals surface area (Å²) in [6.07, 6.45) is 1.04. The fourth-order valence-electron chi connectivity index (χ4n) is 2.91. The van der Waals surface area contributed by atoms with Crippen LogP contribution in [0.25, 0.3) is 0 Å². The molecular formula is C15H15BrN2O2S. The lowest BCUT2D eigenvalue weighted by Gasteiger charge is -2.36. The van der Waals surface area contributed by atoms with Crippen molar-refractivity contribution in [2.24, 2.45) is 0 Å². The van der Waals surface area contributed by atoms with E-state index in [1.54, 1.807) is 12.1 Å². The van der Waals surface area contributed by atoms with Crippen LogP contribution in [-0.4, -0.2) is 11.5 Å². The molecule has 0 N–H and O–H groups in total. The number of nitro benzene ring substituents is 1. The van der Waals surface area contributed by atoms with Crippen molar-refractivity contribution < 1.29 is 4.92 Å². The number of benzene rings is 1. The van der Waals surface area contributed by atoms with Gasteiger partial charge in [-0.05, 0) is 42.0 Å². The predicted molar refractivity (Wildman–Crippen MR) is 89.5 cm³/mol. The van der Waals surface area contributed by atoms with Crippen molar-refractivity contribution in [2.75, 3.05) is 11.4 Å². The molecular weight excluding hydrogens is 352 g/mol. The number of hydrogen-bond donors (Lipinski definition) is 0. The van der Waals surface area contributed by atoms with Crippen molar-refractivity contribution in [3.05, 3.63) is 55.8 Å². The van der Waals surface area contributed by atoms with Gasteiger partial charge in [-0.25, -0.2) is 0 Å². The molecule has 0 amide bonds. The van der Waals surface area contributed by atoms with Crippen LogP contribution in [0.5, 0.6) is 0 Å². The molecule has 1 atom stereocenters. The summed E-state index contributed by atoms with van der Waals surface area (Å²) in [7, 11) is 0. The molecule has 0 radical (unpaired) electrons. The van der Waals surface area contributed by atoms with Gasteiger partial charge in [-0.15, -0.1) is 11.3 Å². The fourth-order valence-corrected chi connectivity index (χ4v) is 4.32. The molecule has 0 saturated heterocycles. The quantitative estimate of drug-likeness (QED) is 0.450. The van der Waals surface area contributed by atoms with Crippen molar-refractivity contribution in [2.45, 2.75) is 24.7 Å². The molecule has 2 aromatic rings.